The van der Waals surface area contributed by atoms with Crippen molar-refractivity contribution in [3.63, 3.8) is 0 Å². The van der Waals surface area contributed by atoms with Gasteiger partial charge in [-0.15, -0.1) is 0 Å². The first-order chi connectivity index (χ1) is 14.9. The van der Waals surface area contributed by atoms with Crippen molar-refractivity contribution in [3.8, 4) is 5.75 Å². The Kier molecular flexibility index (Phi) is 5.91. The molecule has 0 bridgehead atoms. The Bertz CT molecular complexity index is 1130. The van der Waals surface area contributed by atoms with Crippen LogP contribution in [-0.2, 0) is 12.8 Å². The third kappa shape index (κ3) is 4.12. The van der Waals surface area contributed by atoms with E-state index >= 15 is 0 Å². The molecule has 1 amide bonds. The molecule has 31 heavy (non-hydrogen) atoms. The summed E-state index contributed by atoms with van der Waals surface area (Å²) in [6, 6.07) is 4.75. The smallest absolute Gasteiger partial charge is 0.252 e. The third-order valence-electron chi connectivity index (χ3n) is 5.93. The zero-order valence-corrected chi connectivity index (χ0v) is 17.2. The Balaban J connectivity index is 1.44. The minimum absolute atomic E-state index is 0.0482. The largest absolute Gasteiger partial charge is 0.491 e. The fraction of sp³-hybridized carbons (Fsp3) is 0.348. The van der Waals surface area contributed by atoms with E-state index < -0.39 is 23.4 Å². The molecule has 0 radical (unpaired) electrons. The number of primary amides is 1. The lowest BCUT2D eigenvalue weighted by atomic mass is 9.97. The first-order valence-corrected chi connectivity index (χ1v) is 10.3. The van der Waals surface area contributed by atoms with Crippen molar-refractivity contribution in [3.05, 3.63) is 64.6 Å². The van der Waals surface area contributed by atoms with Gasteiger partial charge in [0.2, 0.25) is 0 Å². The fourth-order valence-corrected chi connectivity index (χ4v) is 4.35. The van der Waals surface area contributed by atoms with Crippen LogP contribution in [0.5, 0.6) is 5.75 Å². The molecule has 0 aliphatic carbocycles. The summed E-state index contributed by atoms with van der Waals surface area (Å²) < 4.78 is 47.6. The average molecular weight is 431 g/mol. The van der Waals surface area contributed by atoms with Crippen molar-refractivity contribution in [1.29, 1.82) is 0 Å². The van der Waals surface area contributed by atoms with Gasteiger partial charge < -0.3 is 15.5 Å². The van der Waals surface area contributed by atoms with Crippen LogP contribution in [-0.4, -0.2) is 41.5 Å². The van der Waals surface area contributed by atoms with E-state index in [1.165, 1.54) is 18.2 Å². The van der Waals surface area contributed by atoms with Crippen LogP contribution in [0.1, 0.15) is 34.8 Å². The molecule has 2 heterocycles. The number of benzene rings is 2. The average Bonchev–Trinajstić information content (AvgIpc) is 3.14. The molecule has 0 fully saturated rings. The molecule has 2 aromatic carbocycles. The fourth-order valence-electron chi connectivity index (χ4n) is 4.35. The Morgan fingerprint density at radius 1 is 1.26 bits per heavy atom. The van der Waals surface area contributed by atoms with E-state index in [1.54, 1.807) is 6.20 Å². The highest BCUT2D eigenvalue weighted by molar-refractivity contribution is 5.96. The predicted octanol–water partition coefficient (Wildman–Crippen LogP) is 3.94. The number of rotatable bonds is 7. The molecule has 5 nitrogen and oxygen atoms in total. The van der Waals surface area contributed by atoms with Gasteiger partial charge in [-0.2, -0.15) is 0 Å². The number of nitrogens with two attached hydrogens (primary N) is 1. The number of carbonyl (C=O) groups excluding carboxylic acids is 1. The molecule has 3 aromatic rings. The third-order valence-corrected chi connectivity index (χ3v) is 5.93. The molecule has 1 aromatic heterocycles. The first-order valence-electron chi connectivity index (χ1n) is 10.3. The highest BCUT2D eigenvalue weighted by atomic mass is 19.1. The summed E-state index contributed by atoms with van der Waals surface area (Å²) in [6.07, 6.45) is 3.53. The first kappa shape index (κ1) is 21.2. The van der Waals surface area contributed by atoms with E-state index in [1.807, 2.05) is 6.92 Å². The van der Waals surface area contributed by atoms with E-state index in [9.17, 15) is 18.0 Å². The van der Waals surface area contributed by atoms with Crippen LogP contribution in [0.4, 0.5) is 13.2 Å². The van der Waals surface area contributed by atoms with Crippen LogP contribution < -0.4 is 10.5 Å². The molecule has 0 saturated heterocycles. The number of likely N-dealkylation sites (N-methyl/N-ethyl adjacent to an activating group) is 1. The minimum Gasteiger partial charge on any atom is -0.491 e. The Morgan fingerprint density at radius 3 is 2.81 bits per heavy atom. The topological polar surface area (TPSA) is 71.3 Å². The highest BCUT2D eigenvalue weighted by Gasteiger charge is 2.29. The van der Waals surface area contributed by atoms with Crippen molar-refractivity contribution < 1.29 is 22.7 Å². The number of hydrogen-bond acceptors (Lipinski definition) is 3. The lowest BCUT2D eigenvalue weighted by Crippen LogP contribution is -2.44. The molecule has 0 spiro atoms. The molecule has 0 saturated carbocycles. The lowest BCUT2D eigenvalue weighted by Gasteiger charge is -2.35. The number of fused-ring (bicyclic) bond motifs is 2. The highest BCUT2D eigenvalue weighted by Crippen LogP contribution is 2.32. The number of amides is 1. The zero-order valence-electron chi connectivity index (χ0n) is 17.2. The second kappa shape index (κ2) is 8.63. The molecule has 164 valence electrons. The van der Waals surface area contributed by atoms with Crippen molar-refractivity contribution in [2.75, 3.05) is 19.7 Å². The Hall–Kier alpha value is -3.00. The number of carbonyl (C=O) groups is 1. The van der Waals surface area contributed by atoms with Crippen molar-refractivity contribution >= 4 is 16.8 Å². The molecule has 1 atom stereocenters. The van der Waals surface area contributed by atoms with Gasteiger partial charge in [0, 0.05) is 29.3 Å². The van der Waals surface area contributed by atoms with Gasteiger partial charge >= 0.3 is 0 Å². The maximum Gasteiger partial charge on any atom is 0.252 e. The van der Waals surface area contributed by atoms with Gasteiger partial charge in [-0.05, 0) is 56.1 Å². The van der Waals surface area contributed by atoms with Gasteiger partial charge in [-0.25, -0.2) is 13.2 Å². The number of ether oxygens (including phenoxy) is 1. The molecule has 1 aliphatic heterocycles. The van der Waals surface area contributed by atoms with Gasteiger partial charge in [-0.1, -0.05) is 6.92 Å². The molecular formula is C23H24F3N3O2. The standard InChI is InChI=1S/C23H24F3N3O2/c1-2-29(7-3-4-13-11-28-21-17(13)8-14(24)9-20(21)26)15-10-18-19(25)6-5-16(23(27)30)22(18)31-12-15/h5-6,8-9,11,15,28H,2-4,7,10,12H2,1H3,(H2,27,30). The number of nitrogens with one attached hydrogen (secondary N) is 1. The zero-order chi connectivity index (χ0) is 22.1. The molecular weight excluding hydrogens is 407 g/mol. The van der Waals surface area contributed by atoms with Crippen LogP contribution in [0.25, 0.3) is 10.9 Å². The number of aromatic amines is 1. The molecule has 3 N–H and O–H groups in total. The van der Waals surface area contributed by atoms with Crippen LogP contribution in [0.3, 0.4) is 0 Å². The quantitative estimate of drug-likeness (QED) is 0.595. The molecule has 8 heteroatoms. The molecule has 1 aliphatic rings. The second-order valence-corrected chi connectivity index (χ2v) is 7.79. The normalized spacial score (nSPS) is 15.8. The summed E-state index contributed by atoms with van der Waals surface area (Å²) in [6.45, 7) is 3.79. The molecule has 1 unspecified atom stereocenters. The van der Waals surface area contributed by atoms with Gasteiger partial charge in [0.1, 0.15) is 29.8 Å². The Morgan fingerprint density at radius 2 is 2.06 bits per heavy atom. The van der Waals surface area contributed by atoms with Gasteiger partial charge in [-0.3, -0.25) is 9.69 Å². The van der Waals surface area contributed by atoms with E-state index in [0.29, 0.717) is 42.5 Å². The second-order valence-electron chi connectivity index (χ2n) is 7.79. The van der Waals surface area contributed by atoms with Gasteiger partial charge in [0.25, 0.3) is 5.91 Å². The number of H-pyrrole nitrogens is 1. The van der Waals surface area contributed by atoms with Crippen molar-refractivity contribution in [2.24, 2.45) is 5.73 Å². The van der Waals surface area contributed by atoms with Crippen molar-refractivity contribution in [1.82, 2.24) is 9.88 Å². The van der Waals surface area contributed by atoms with Crippen molar-refractivity contribution in [2.45, 2.75) is 32.2 Å². The summed E-state index contributed by atoms with van der Waals surface area (Å²) in [5.74, 6) is -2.02. The summed E-state index contributed by atoms with van der Waals surface area (Å²) in [5.41, 5.74) is 7.10. The summed E-state index contributed by atoms with van der Waals surface area (Å²) >= 11 is 0. The van der Waals surface area contributed by atoms with E-state index in [-0.39, 0.29) is 17.4 Å². The van der Waals surface area contributed by atoms with E-state index in [0.717, 1.165) is 24.6 Å². The lowest BCUT2D eigenvalue weighted by molar-refractivity contribution is 0.0979. The number of hydrogen-bond donors (Lipinski definition) is 2. The monoisotopic (exact) mass is 431 g/mol. The van der Waals surface area contributed by atoms with Crippen LogP contribution in [0, 0.1) is 17.5 Å². The SMILES string of the molecule is CCN(CCCc1c[nH]c2c(F)cc(F)cc12)C1COc2c(C(N)=O)ccc(F)c2C1. The Labute approximate surface area is 178 Å². The van der Waals surface area contributed by atoms with Gasteiger partial charge in [0.05, 0.1) is 11.1 Å². The summed E-state index contributed by atoms with van der Waals surface area (Å²) in [5, 5.41) is 0.552. The summed E-state index contributed by atoms with van der Waals surface area (Å²) in [4.78, 5) is 16.7. The maximum absolute atomic E-state index is 14.4. The number of aromatic nitrogens is 1. The summed E-state index contributed by atoms with van der Waals surface area (Å²) in [7, 11) is 0. The number of halogens is 3. The molecule has 4 rings (SSSR count). The number of aryl methyl sites for hydroxylation is 1. The minimum atomic E-state index is -0.645. The van der Waals surface area contributed by atoms with Gasteiger partial charge in [0.15, 0.2) is 0 Å². The number of nitrogens with zero attached hydrogens (tertiary/aromatic N) is 1. The van der Waals surface area contributed by atoms with Crippen LogP contribution in [0.2, 0.25) is 0 Å². The van der Waals surface area contributed by atoms with Crippen LogP contribution >= 0.6 is 0 Å². The maximum atomic E-state index is 14.4. The van der Waals surface area contributed by atoms with E-state index in [2.05, 4.69) is 9.88 Å². The predicted molar refractivity (Wildman–Crippen MR) is 112 cm³/mol. The van der Waals surface area contributed by atoms with E-state index in [4.69, 9.17) is 10.5 Å². The van der Waals surface area contributed by atoms with Crippen LogP contribution in [0.15, 0.2) is 30.5 Å².